The first kappa shape index (κ1) is 24.8. The van der Waals surface area contributed by atoms with Crippen molar-refractivity contribution < 1.29 is 24.2 Å². The van der Waals surface area contributed by atoms with Crippen molar-refractivity contribution in [3.05, 3.63) is 0 Å². The van der Waals surface area contributed by atoms with Crippen molar-refractivity contribution in [2.24, 2.45) is 11.8 Å². The van der Waals surface area contributed by atoms with Crippen LogP contribution in [0.1, 0.15) is 65.2 Å². The van der Waals surface area contributed by atoms with Crippen molar-refractivity contribution in [2.45, 2.75) is 87.7 Å². The van der Waals surface area contributed by atoms with Crippen LogP contribution in [0, 0.1) is 11.8 Å². The average molecular weight is 491 g/mol. The van der Waals surface area contributed by atoms with Gasteiger partial charge in [-0.25, -0.2) is 0 Å². The zero-order valence-corrected chi connectivity index (χ0v) is 20.9. The standard InChI is InChI=1S/C20H36AsN2O5P/c1-13(2)18(21)20(26)23-10-6-9-16(23)19(25)22-12-15(24)11-17(29(27)28)14-7-4-3-5-8-14/h13-18,24H,3-12,21H2,1-2H3,(H-,22,25,27,28)/p+1/t15-,16+,17?,18+/m1/s1. The van der Waals surface area contributed by atoms with Gasteiger partial charge < -0.3 is 0 Å². The zero-order chi connectivity index (χ0) is 21.6. The molecule has 2 rings (SSSR count). The van der Waals surface area contributed by atoms with E-state index in [1.165, 1.54) is 16.9 Å². The summed E-state index contributed by atoms with van der Waals surface area (Å²) in [5.74, 6) is 0.213. The molecule has 29 heavy (non-hydrogen) atoms. The van der Waals surface area contributed by atoms with Crippen molar-refractivity contribution in [1.82, 2.24) is 10.2 Å². The van der Waals surface area contributed by atoms with E-state index in [2.05, 4.69) is 5.32 Å². The van der Waals surface area contributed by atoms with Gasteiger partial charge in [0.05, 0.1) is 0 Å². The van der Waals surface area contributed by atoms with E-state index in [-0.39, 0.29) is 41.3 Å². The van der Waals surface area contributed by atoms with Crippen LogP contribution in [-0.2, 0) is 14.2 Å². The second-order valence-corrected chi connectivity index (χ2v) is 11.6. The molecule has 1 heterocycles. The summed E-state index contributed by atoms with van der Waals surface area (Å²) in [5, 5.41) is 13.2. The van der Waals surface area contributed by atoms with Gasteiger partial charge in [-0.1, -0.05) is 19.3 Å². The van der Waals surface area contributed by atoms with E-state index in [1.807, 2.05) is 13.8 Å². The van der Waals surface area contributed by atoms with E-state index in [4.69, 9.17) is 0 Å². The molecule has 9 heteroatoms. The first-order valence-electron chi connectivity index (χ1n) is 10.9. The van der Waals surface area contributed by atoms with E-state index in [9.17, 15) is 24.2 Å². The summed E-state index contributed by atoms with van der Waals surface area (Å²) in [6.07, 6.45) is 5.96. The number of rotatable bonds is 9. The number of carbonyl (C=O) groups is 2. The SMILES string of the molecule is CC(C)[C@H]([AsH2])C(=O)N1CCC[C@H]1C(=O)NC[C@H](O)CC(C1CCCCC1)[P+](=O)O. The fourth-order valence-corrected chi connectivity index (χ4v) is 5.94. The summed E-state index contributed by atoms with van der Waals surface area (Å²) in [6, 6.07) is -0.477. The van der Waals surface area contributed by atoms with Gasteiger partial charge in [-0.05, 0) is 0 Å². The van der Waals surface area contributed by atoms with Crippen LogP contribution in [0.25, 0.3) is 0 Å². The molecule has 0 spiro atoms. The average Bonchev–Trinajstić information content (AvgIpc) is 3.19. The number of hydrogen-bond donors (Lipinski definition) is 3. The molecule has 1 saturated carbocycles. The summed E-state index contributed by atoms with van der Waals surface area (Å²) in [6.45, 7) is 4.68. The number of amides is 2. The van der Waals surface area contributed by atoms with E-state index < -0.39 is 25.8 Å². The van der Waals surface area contributed by atoms with E-state index in [1.54, 1.807) is 4.90 Å². The molecule has 3 N–H and O–H groups in total. The molecule has 0 bridgehead atoms. The van der Waals surface area contributed by atoms with Crippen molar-refractivity contribution in [2.75, 3.05) is 13.1 Å². The Kier molecular flexibility index (Phi) is 10.1. The number of carbonyl (C=O) groups excluding carboxylic acids is 2. The van der Waals surface area contributed by atoms with Crippen molar-refractivity contribution in [1.29, 1.82) is 0 Å². The van der Waals surface area contributed by atoms with Gasteiger partial charge >= 0.3 is 164 Å². The third-order valence-corrected chi connectivity index (χ3v) is 9.76. The number of aliphatic hydroxyl groups excluding tert-OH is 1. The number of hydrogen-bond acceptors (Lipinski definition) is 4. The van der Waals surface area contributed by atoms with Gasteiger partial charge in [-0.2, -0.15) is 0 Å². The van der Waals surface area contributed by atoms with Gasteiger partial charge in [0.15, 0.2) is 0 Å². The normalized spacial score (nSPS) is 24.3. The van der Waals surface area contributed by atoms with Gasteiger partial charge in [0.1, 0.15) is 0 Å². The van der Waals surface area contributed by atoms with Crippen LogP contribution < -0.4 is 5.32 Å². The molecule has 0 aromatic heterocycles. The van der Waals surface area contributed by atoms with Crippen LogP contribution in [0.3, 0.4) is 0 Å². The Morgan fingerprint density at radius 3 is 2.41 bits per heavy atom. The maximum atomic E-state index is 12.7. The Hall–Kier alpha value is -0.482. The van der Waals surface area contributed by atoms with Crippen LogP contribution in [0.2, 0.25) is 4.71 Å². The molecular formula is C20H37AsN2O5P+. The van der Waals surface area contributed by atoms with Crippen LogP contribution >= 0.6 is 8.03 Å². The predicted molar refractivity (Wildman–Crippen MR) is 116 cm³/mol. The molecule has 0 radical (unpaired) electrons. The molecule has 0 aromatic carbocycles. The van der Waals surface area contributed by atoms with E-state index in [0.29, 0.717) is 13.0 Å². The molecule has 0 aromatic rings. The minimum atomic E-state index is -2.36. The molecule has 2 fully saturated rings. The van der Waals surface area contributed by atoms with Crippen molar-refractivity contribution >= 4 is 36.7 Å². The summed E-state index contributed by atoms with van der Waals surface area (Å²) >= 11 is 1.39. The minimum absolute atomic E-state index is 0.0350. The zero-order valence-electron chi connectivity index (χ0n) is 17.6. The van der Waals surface area contributed by atoms with Crippen LogP contribution in [0.4, 0.5) is 0 Å². The summed E-state index contributed by atoms with van der Waals surface area (Å²) in [5.41, 5.74) is -0.420. The Balaban J connectivity index is 1.86. The first-order valence-corrected chi connectivity index (χ1v) is 13.6. The number of likely N-dealkylation sites (tertiary alicyclic amines) is 1. The summed E-state index contributed by atoms with van der Waals surface area (Å²) in [4.78, 5) is 36.8. The van der Waals surface area contributed by atoms with E-state index >= 15 is 0 Å². The molecule has 2 aliphatic rings. The molecule has 1 saturated heterocycles. The third-order valence-electron chi connectivity index (χ3n) is 6.35. The Morgan fingerprint density at radius 1 is 1.17 bits per heavy atom. The molecule has 1 aliphatic heterocycles. The molecule has 166 valence electrons. The third kappa shape index (κ3) is 7.02. The van der Waals surface area contributed by atoms with Gasteiger partial charge in [0, 0.05) is 0 Å². The van der Waals surface area contributed by atoms with Gasteiger partial charge in [-0.15, -0.1) is 0 Å². The quantitative estimate of drug-likeness (QED) is 0.336. The van der Waals surface area contributed by atoms with Crippen LogP contribution in [-0.4, -0.2) is 74.5 Å². The summed E-state index contributed by atoms with van der Waals surface area (Å²) < 4.78 is 11.8. The van der Waals surface area contributed by atoms with E-state index in [0.717, 1.165) is 38.5 Å². The molecule has 7 nitrogen and oxygen atoms in total. The second kappa shape index (κ2) is 11.8. The Morgan fingerprint density at radius 2 is 1.83 bits per heavy atom. The Labute approximate surface area is 183 Å². The molecular weight excluding hydrogens is 454 g/mol. The molecule has 1 aliphatic carbocycles. The number of nitrogens with zero attached hydrogens (tertiary/aromatic N) is 1. The molecule has 3 unspecified atom stereocenters. The van der Waals surface area contributed by atoms with Gasteiger partial charge in [-0.3, -0.25) is 0 Å². The fourth-order valence-electron chi connectivity index (χ4n) is 4.46. The monoisotopic (exact) mass is 491 g/mol. The van der Waals surface area contributed by atoms with Gasteiger partial charge in [0.2, 0.25) is 0 Å². The second-order valence-electron chi connectivity index (χ2n) is 8.86. The predicted octanol–water partition coefficient (Wildman–Crippen LogP) is 1.61. The van der Waals surface area contributed by atoms with Crippen LogP contribution in [0.5, 0.6) is 0 Å². The summed E-state index contributed by atoms with van der Waals surface area (Å²) in [7, 11) is -2.36. The van der Waals surface area contributed by atoms with Gasteiger partial charge in [0.25, 0.3) is 0 Å². The fraction of sp³-hybridized carbons (Fsp3) is 0.900. The van der Waals surface area contributed by atoms with Crippen molar-refractivity contribution in [3.63, 3.8) is 0 Å². The molecule has 2 amide bonds. The number of nitrogens with one attached hydrogen (secondary N) is 1. The Bertz CT molecular complexity index is 585. The van der Waals surface area contributed by atoms with Crippen LogP contribution in [0.15, 0.2) is 0 Å². The van der Waals surface area contributed by atoms with Crippen molar-refractivity contribution in [3.8, 4) is 0 Å². The maximum absolute atomic E-state index is 12.7. The number of aliphatic hydroxyl groups is 1. The molecule has 6 atom stereocenters. The first-order chi connectivity index (χ1) is 13.7. The topological polar surface area (TPSA) is 107 Å².